The van der Waals surface area contributed by atoms with E-state index in [0.29, 0.717) is 13.2 Å². The van der Waals surface area contributed by atoms with E-state index < -0.39 is 11.5 Å². The molecular formula is C25H29N7O3S. The molecule has 4 heterocycles. The largest absolute Gasteiger partial charge is 0.477 e. The number of ether oxygens (including phenoxy) is 2. The number of methoxy groups -OCH3 is 1. The van der Waals surface area contributed by atoms with Crippen LogP contribution in [0.3, 0.4) is 0 Å². The molecule has 10 nitrogen and oxygen atoms in total. The maximum Gasteiger partial charge on any atom is 0.270 e. The quantitative estimate of drug-likeness (QED) is 0.447. The van der Waals surface area contributed by atoms with Gasteiger partial charge in [0.2, 0.25) is 5.88 Å². The van der Waals surface area contributed by atoms with Crippen LogP contribution in [0.5, 0.6) is 5.88 Å². The highest BCUT2D eigenvalue weighted by atomic mass is 32.1. The lowest BCUT2D eigenvalue weighted by Gasteiger charge is -2.40. The van der Waals surface area contributed by atoms with E-state index in [1.807, 2.05) is 30.5 Å². The van der Waals surface area contributed by atoms with Crippen molar-refractivity contribution in [3.05, 3.63) is 52.8 Å². The van der Waals surface area contributed by atoms with Gasteiger partial charge >= 0.3 is 0 Å². The van der Waals surface area contributed by atoms with Crippen LogP contribution < -0.4 is 15.8 Å². The van der Waals surface area contributed by atoms with Gasteiger partial charge in [0.05, 0.1) is 23.6 Å². The second-order valence-electron chi connectivity index (χ2n) is 8.51. The average Bonchev–Trinajstić information content (AvgIpc) is 3.37. The summed E-state index contributed by atoms with van der Waals surface area (Å²) >= 11 is 1.65. The Bertz CT molecular complexity index is 1230. The monoisotopic (exact) mass is 507 g/mol. The molecule has 3 aromatic heterocycles. The number of nitrogens with two attached hydrogens (primary N) is 1. The number of aromatic nitrogens is 3. The van der Waals surface area contributed by atoms with E-state index >= 15 is 0 Å². The predicted octanol–water partition coefficient (Wildman–Crippen LogP) is 2.86. The van der Waals surface area contributed by atoms with Crippen LogP contribution in [0.1, 0.15) is 40.7 Å². The summed E-state index contributed by atoms with van der Waals surface area (Å²) in [5.74, 6) is -0.327. The standard InChI is InChI=1S/C25H29N7O3S/c1-3-35-23-18(13-26)19(27)12-21(31-23)22(33)30-16-25(34-2)7-10-32(11-8-25)15-17-14-29-24(36-17)20-6-4-5-9-28-20/h4-6,9,12,14H,3,7-8,10-11,15-16H2,1-2H3,(H2,27,31)(H,30,33). The van der Waals surface area contributed by atoms with Crippen LogP contribution in [0.25, 0.3) is 10.7 Å². The van der Waals surface area contributed by atoms with E-state index in [4.69, 9.17) is 15.2 Å². The number of rotatable bonds is 9. The first kappa shape index (κ1) is 25.5. The summed E-state index contributed by atoms with van der Waals surface area (Å²) < 4.78 is 11.3. The number of thiazole rings is 1. The fourth-order valence-electron chi connectivity index (χ4n) is 4.12. The van der Waals surface area contributed by atoms with E-state index in [2.05, 4.69) is 25.2 Å². The Morgan fingerprint density at radius 2 is 2.14 bits per heavy atom. The number of hydrogen-bond donors (Lipinski definition) is 2. The van der Waals surface area contributed by atoms with Crippen LogP contribution in [-0.4, -0.2) is 64.7 Å². The highest BCUT2D eigenvalue weighted by molar-refractivity contribution is 7.14. The van der Waals surface area contributed by atoms with Gasteiger partial charge in [0.25, 0.3) is 5.91 Å². The van der Waals surface area contributed by atoms with Crippen molar-refractivity contribution in [1.29, 1.82) is 5.26 Å². The number of nitrogens with zero attached hydrogens (tertiary/aromatic N) is 5. The fraction of sp³-hybridized carbons (Fsp3) is 0.400. The van der Waals surface area contributed by atoms with Crippen molar-refractivity contribution in [3.8, 4) is 22.7 Å². The third-order valence-electron chi connectivity index (χ3n) is 6.23. The van der Waals surface area contributed by atoms with Gasteiger partial charge in [-0.05, 0) is 38.0 Å². The van der Waals surface area contributed by atoms with Gasteiger partial charge in [-0.3, -0.25) is 14.7 Å². The van der Waals surface area contributed by atoms with Gasteiger partial charge in [-0.1, -0.05) is 6.07 Å². The third kappa shape index (κ3) is 5.79. The molecule has 188 valence electrons. The van der Waals surface area contributed by atoms with Gasteiger partial charge in [0.1, 0.15) is 22.3 Å². The first-order valence-corrected chi connectivity index (χ1v) is 12.5. The van der Waals surface area contributed by atoms with E-state index in [1.54, 1.807) is 31.6 Å². The molecule has 0 saturated carbocycles. The molecule has 4 rings (SSSR count). The van der Waals surface area contributed by atoms with Crippen LogP contribution in [-0.2, 0) is 11.3 Å². The lowest BCUT2D eigenvalue weighted by atomic mass is 9.90. The molecule has 0 aromatic carbocycles. The molecule has 1 aliphatic heterocycles. The molecule has 0 spiro atoms. The van der Waals surface area contributed by atoms with Crippen LogP contribution in [0, 0.1) is 11.3 Å². The number of hydrogen-bond acceptors (Lipinski definition) is 10. The van der Waals surface area contributed by atoms with Gasteiger partial charge in [-0.15, -0.1) is 11.3 Å². The Morgan fingerprint density at radius 1 is 1.33 bits per heavy atom. The topological polar surface area (TPSA) is 139 Å². The molecule has 3 N–H and O–H groups in total. The van der Waals surface area contributed by atoms with Gasteiger partial charge in [0.15, 0.2) is 0 Å². The normalized spacial score (nSPS) is 15.2. The Balaban J connectivity index is 1.33. The van der Waals surface area contributed by atoms with Crippen LogP contribution in [0.4, 0.5) is 5.69 Å². The van der Waals surface area contributed by atoms with Crippen LogP contribution in [0.15, 0.2) is 36.7 Å². The van der Waals surface area contributed by atoms with Gasteiger partial charge in [-0.25, -0.2) is 9.97 Å². The number of piperidine rings is 1. The summed E-state index contributed by atoms with van der Waals surface area (Å²) in [7, 11) is 1.68. The molecule has 3 aromatic rings. The summed E-state index contributed by atoms with van der Waals surface area (Å²) in [4.78, 5) is 29.5. The number of nitrogen functional groups attached to an aromatic ring is 1. The summed E-state index contributed by atoms with van der Waals surface area (Å²) in [5.41, 5.74) is 6.74. The molecular weight excluding hydrogens is 478 g/mol. The third-order valence-corrected chi connectivity index (χ3v) is 7.24. The molecule has 0 aliphatic carbocycles. The van der Waals surface area contributed by atoms with Crippen LogP contribution in [0.2, 0.25) is 0 Å². The average molecular weight is 508 g/mol. The number of nitriles is 1. The van der Waals surface area contributed by atoms with Crippen molar-refractivity contribution in [2.24, 2.45) is 0 Å². The molecule has 0 atom stereocenters. The molecule has 1 fully saturated rings. The van der Waals surface area contributed by atoms with Gasteiger partial charge in [-0.2, -0.15) is 5.26 Å². The fourth-order valence-corrected chi connectivity index (χ4v) is 5.05. The highest BCUT2D eigenvalue weighted by Crippen LogP contribution is 2.29. The number of carbonyl (C=O) groups is 1. The first-order chi connectivity index (χ1) is 17.5. The molecule has 1 amide bonds. The molecule has 36 heavy (non-hydrogen) atoms. The van der Waals surface area contributed by atoms with E-state index in [1.165, 1.54) is 10.9 Å². The van der Waals surface area contributed by atoms with Crippen molar-refractivity contribution in [1.82, 2.24) is 25.2 Å². The number of likely N-dealkylation sites (tertiary alicyclic amines) is 1. The summed E-state index contributed by atoms with van der Waals surface area (Å²) in [6.07, 6.45) is 5.22. The molecule has 1 aliphatic rings. The van der Waals surface area contributed by atoms with E-state index in [0.717, 1.165) is 43.2 Å². The zero-order valence-corrected chi connectivity index (χ0v) is 21.2. The first-order valence-electron chi connectivity index (χ1n) is 11.7. The van der Waals surface area contributed by atoms with Crippen molar-refractivity contribution >= 4 is 22.9 Å². The summed E-state index contributed by atoms with van der Waals surface area (Å²) in [6, 6.07) is 9.18. The maximum absolute atomic E-state index is 12.8. The minimum absolute atomic E-state index is 0.0641. The van der Waals surface area contributed by atoms with Crippen molar-refractivity contribution in [3.63, 3.8) is 0 Å². The second-order valence-corrected chi connectivity index (χ2v) is 9.63. The number of pyridine rings is 2. The van der Waals surface area contributed by atoms with Crippen molar-refractivity contribution < 1.29 is 14.3 Å². The smallest absolute Gasteiger partial charge is 0.270 e. The van der Waals surface area contributed by atoms with Crippen molar-refractivity contribution in [2.45, 2.75) is 31.9 Å². The maximum atomic E-state index is 12.8. The number of nitrogens with one attached hydrogen (secondary N) is 1. The van der Waals surface area contributed by atoms with Crippen LogP contribution >= 0.6 is 11.3 Å². The zero-order valence-electron chi connectivity index (χ0n) is 20.4. The minimum Gasteiger partial charge on any atom is -0.477 e. The molecule has 0 radical (unpaired) electrons. The molecule has 0 bridgehead atoms. The highest BCUT2D eigenvalue weighted by Gasteiger charge is 2.35. The zero-order chi connectivity index (χ0) is 25.5. The van der Waals surface area contributed by atoms with Crippen molar-refractivity contribution in [2.75, 3.05) is 39.1 Å². The van der Waals surface area contributed by atoms with E-state index in [-0.39, 0.29) is 22.8 Å². The lowest BCUT2D eigenvalue weighted by Crippen LogP contribution is -2.51. The molecule has 11 heteroatoms. The molecule has 0 unspecified atom stereocenters. The second kappa shape index (κ2) is 11.4. The number of carbonyl (C=O) groups excluding carboxylic acids is 1. The number of anilines is 1. The lowest BCUT2D eigenvalue weighted by molar-refractivity contribution is -0.0553. The van der Waals surface area contributed by atoms with E-state index in [9.17, 15) is 10.1 Å². The Labute approximate surface area is 214 Å². The van der Waals surface area contributed by atoms with Gasteiger partial charge in [0, 0.05) is 50.6 Å². The Kier molecular flexibility index (Phi) is 8.10. The predicted molar refractivity (Wildman–Crippen MR) is 136 cm³/mol. The summed E-state index contributed by atoms with van der Waals surface area (Å²) in [5, 5.41) is 13.1. The summed E-state index contributed by atoms with van der Waals surface area (Å²) in [6.45, 7) is 4.89. The SMILES string of the molecule is CCOc1nc(C(=O)NCC2(OC)CCN(Cc3cnc(-c4ccccn4)s3)CC2)cc(N)c1C#N. The number of amides is 1. The molecule has 1 saturated heterocycles. The Morgan fingerprint density at radius 3 is 2.81 bits per heavy atom. The van der Waals surface area contributed by atoms with Gasteiger partial charge < -0.3 is 20.5 Å². The Hall–Kier alpha value is -3.59. The minimum atomic E-state index is -0.472.